The molecule has 6 nitrogen and oxygen atoms in total. The molecule has 0 radical (unpaired) electrons. The molecule has 0 bridgehead atoms. The minimum atomic E-state index is -4.56. The summed E-state index contributed by atoms with van der Waals surface area (Å²) < 4.78 is 65.3. The first-order valence-electron chi connectivity index (χ1n) is 4.77. The Morgan fingerprint density at radius 3 is 2.29 bits per heavy atom. The van der Waals surface area contributed by atoms with Gasteiger partial charge in [0.05, 0.1) is 6.61 Å². The quantitative estimate of drug-likeness (QED) is 0.483. The molecule has 3 N–H and O–H groups in total. The van der Waals surface area contributed by atoms with E-state index in [1.54, 1.807) is 0 Å². The molecule has 0 aliphatic rings. The maximum absolute atomic E-state index is 11.7. The summed E-state index contributed by atoms with van der Waals surface area (Å²) in [5.74, 6) is 0. The highest BCUT2D eigenvalue weighted by atomic mass is 32.2. The van der Waals surface area contributed by atoms with Crippen molar-refractivity contribution in [2.75, 3.05) is 39.9 Å². The van der Waals surface area contributed by atoms with Gasteiger partial charge in [0.2, 0.25) is 0 Å². The Morgan fingerprint density at radius 2 is 1.76 bits per heavy atom. The molecule has 0 atom stereocenters. The Bertz CT molecular complexity index is 294. The summed E-state index contributed by atoms with van der Waals surface area (Å²) in [6.45, 7) is -0.278. The molecule has 104 valence electrons. The van der Waals surface area contributed by atoms with E-state index >= 15 is 0 Å². The SMILES string of the molecule is COCCNCCNS(=O)(=O)NCC(F)(F)F. The van der Waals surface area contributed by atoms with Gasteiger partial charge in [0.15, 0.2) is 0 Å². The number of hydrogen-bond acceptors (Lipinski definition) is 4. The molecule has 17 heavy (non-hydrogen) atoms. The second-order valence-electron chi connectivity index (χ2n) is 3.08. The Balaban J connectivity index is 3.65. The average molecular weight is 279 g/mol. The van der Waals surface area contributed by atoms with E-state index in [9.17, 15) is 21.6 Å². The van der Waals surface area contributed by atoms with E-state index in [-0.39, 0.29) is 6.54 Å². The van der Waals surface area contributed by atoms with E-state index in [4.69, 9.17) is 4.74 Å². The zero-order valence-electron chi connectivity index (χ0n) is 9.30. The number of halogens is 3. The average Bonchev–Trinajstić information content (AvgIpc) is 2.20. The molecule has 0 aliphatic heterocycles. The van der Waals surface area contributed by atoms with Crippen LogP contribution in [0.4, 0.5) is 13.2 Å². The van der Waals surface area contributed by atoms with Crippen LogP contribution >= 0.6 is 0 Å². The fourth-order valence-electron chi connectivity index (χ4n) is 0.801. The number of rotatable bonds is 9. The Kier molecular flexibility index (Phi) is 7.63. The first kappa shape index (κ1) is 16.6. The predicted octanol–water partition coefficient (Wildman–Crippen LogP) is -0.791. The number of ether oxygens (including phenoxy) is 1. The van der Waals surface area contributed by atoms with Crippen molar-refractivity contribution >= 4 is 10.2 Å². The monoisotopic (exact) mass is 279 g/mol. The topological polar surface area (TPSA) is 79.5 Å². The van der Waals surface area contributed by atoms with Crippen LogP contribution in [0.1, 0.15) is 0 Å². The molecule has 0 saturated carbocycles. The smallest absolute Gasteiger partial charge is 0.383 e. The standard InChI is InChI=1S/C7H16F3N3O3S/c1-16-5-4-11-2-3-12-17(14,15)13-6-7(8,9)10/h11-13H,2-6H2,1H3. The van der Waals surface area contributed by atoms with Crippen molar-refractivity contribution in [1.29, 1.82) is 0 Å². The molecular formula is C7H16F3N3O3S. The van der Waals surface area contributed by atoms with Gasteiger partial charge < -0.3 is 10.1 Å². The van der Waals surface area contributed by atoms with Crippen LogP contribution in [0, 0.1) is 0 Å². The van der Waals surface area contributed by atoms with Gasteiger partial charge in [-0.3, -0.25) is 0 Å². The van der Waals surface area contributed by atoms with Crippen LogP contribution in [0.3, 0.4) is 0 Å². The van der Waals surface area contributed by atoms with Crippen molar-refractivity contribution in [3.05, 3.63) is 0 Å². The maximum Gasteiger partial charge on any atom is 0.402 e. The summed E-state index contributed by atoms with van der Waals surface area (Å²) in [5.41, 5.74) is 0. The summed E-state index contributed by atoms with van der Waals surface area (Å²) in [6, 6.07) is 0. The molecule has 10 heteroatoms. The van der Waals surface area contributed by atoms with Crippen molar-refractivity contribution < 1.29 is 26.3 Å². The van der Waals surface area contributed by atoms with Gasteiger partial charge in [-0.2, -0.15) is 26.3 Å². The van der Waals surface area contributed by atoms with Crippen LogP contribution < -0.4 is 14.8 Å². The van der Waals surface area contributed by atoms with Crippen molar-refractivity contribution in [2.45, 2.75) is 6.18 Å². The molecule has 0 aromatic heterocycles. The number of hydrogen-bond donors (Lipinski definition) is 3. The number of nitrogens with one attached hydrogen (secondary N) is 3. The third kappa shape index (κ3) is 11.8. The molecule has 0 amide bonds. The lowest BCUT2D eigenvalue weighted by atomic mass is 10.6. The summed E-state index contributed by atoms with van der Waals surface area (Å²) in [6.07, 6.45) is -4.56. The van der Waals surface area contributed by atoms with E-state index in [0.717, 1.165) is 0 Å². The van der Waals surface area contributed by atoms with Crippen LogP contribution in [0.25, 0.3) is 0 Å². The lowest BCUT2D eigenvalue weighted by Gasteiger charge is -2.10. The third-order valence-electron chi connectivity index (χ3n) is 1.54. The van der Waals surface area contributed by atoms with Crippen LogP contribution in [0.15, 0.2) is 0 Å². The van der Waals surface area contributed by atoms with Gasteiger partial charge in [-0.1, -0.05) is 0 Å². The summed E-state index contributed by atoms with van der Waals surface area (Å²) in [7, 11) is -2.58. The molecule has 0 fully saturated rings. The van der Waals surface area contributed by atoms with Gasteiger partial charge in [0.25, 0.3) is 10.2 Å². The number of methoxy groups -OCH3 is 1. The highest BCUT2D eigenvalue weighted by Gasteiger charge is 2.29. The van der Waals surface area contributed by atoms with Crippen molar-refractivity contribution in [3.8, 4) is 0 Å². The molecule has 0 aliphatic carbocycles. The minimum Gasteiger partial charge on any atom is -0.383 e. The van der Waals surface area contributed by atoms with E-state index in [2.05, 4.69) is 5.32 Å². The van der Waals surface area contributed by atoms with Crippen LogP contribution in [0.5, 0.6) is 0 Å². The molecule has 0 heterocycles. The van der Waals surface area contributed by atoms with Gasteiger partial charge in [0, 0.05) is 26.7 Å². The summed E-state index contributed by atoms with van der Waals surface area (Å²) in [5, 5.41) is 2.83. The molecule has 0 aromatic rings. The Morgan fingerprint density at radius 1 is 1.12 bits per heavy atom. The van der Waals surface area contributed by atoms with Gasteiger partial charge in [-0.25, -0.2) is 4.72 Å². The predicted molar refractivity (Wildman–Crippen MR) is 55.7 cm³/mol. The van der Waals surface area contributed by atoms with Gasteiger partial charge in [0.1, 0.15) is 6.54 Å². The Hall–Kier alpha value is -0.420. The van der Waals surface area contributed by atoms with E-state index in [0.29, 0.717) is 19.7 Å². The van der Waals surface area contributed by atoms with E-state index in [1.807, 2.05) is 4.72 Å². The van der Waals surface area contributed by atoms with Crippen molar-refractivity contribution in [3.63, 3.8) is 0 Å². The normalized spacial score (nSPS) is 12.9. The minimum absolute atomic E-state index is 0.00307. The number of alkyl halides is 3. The lowest BCUT2D eigenvalue weighted by molar-refractivity contribution is -0.121. The van der Waals surface area contributed by atoms with Crippen molar-refractivity contribution in [2.24, 2.45) is 0 Å². The van der Waals surface area contributed by atoms with Gasteiger partial charge >= 0.3 is 6.18 Å². The first-order valence-corrected chi connectivity index (χ1v) is 6.26. The van der Waals surface area contributed by atoms with Crippen LogP contribution in [-0.4, -0.2) is 54.5 Å². The first-order chi connectivity index (χ1) is 7.77. The summed E-state index contributed by atoms with van der Waals surface area (Å²) >= 11 is 0. The van der Waals surface area contributed by atoms with Crippen LogP contribution in [-0.2, 0) is 14.9 Å². The molecule has 0 aromatic carbocycles. The van der Waals surface area contributed by atoms with Gasteiger partial charge in [-0.15, -0.1) is 0 Å². The highest BCUT2D eigenvalue weighted by molar-refractivity contribution is 7.87. The van der Waals surface area contributed by atoms with E-state index in [1.165, 1.54) is 11.8 Å². The van der Waals surface area contributed by atoms with Gasteiger partial charge in [-0.05, 0) is 0 Å². The highest BCUT2D eigenvalue weighted by Crippen LogP contribution is 2.12. The fourth-order valence-corrected chi connectivity index (χ4v) is 1.63. The largest absolute Gasteiger partial charge is 0.402 e. The zero-order chi connectivity index (χ0) is 13.4. The second kappa shape index (κ2) is 7.82. The molecular weight excluding hydrogens is 263 g/mol. The second-order valence-corrected chi connectivity index (χ2v) is 4.66. The molecule has 0 rings (SSSR count). The fraction of sp³-hybridized carbons (Fsp3) is 1.00. The third-order valence-corrected chi connectivity index (χ3v) is 2.65. The Labute approximate surface area is 98.1 Å². The van der Waals surface area contributed by atoms with Crippen molar-refractivity contribution in [1.82, 2.24) is 14.8 Å². The molecule has 0 saturated heterocycles. The van der Waals surface area contributed by atoms with E-state index < -0.39 is 22.9 Å². The zero-order valence-corrected chi connectivity index (χ0v) is 10.1. The maximum atomic E-state index is 11.7. The summed E-state index contributed by atoms with van der Waals surface area (Å²) in [4.78, 5) is 0. The van der Waals surface area contributed by atoms with Crippen LogP contribution in [0.2, 0.25) is 0 Å². The molecule has 0 unspecified atom stereocenters. The molecule has 0 spiro atoms. The lowest BCUT2D eigenvalue weighted by Crippen LogP contribution is -2.43.